The standard InChI is InChI=1S/C16H15NO5S2/c1-8(2)12(15(21)22)17-13(18)11(24-16(17)23)7-9-3-5-10(6-4-9)14(19)20/h3-8,12H,1-2H3,(H,19,20)(H,21,22)/p-2/b11-7-/t12-/m0/s1. The molecule has 8 heteroatoms. The minimum atomic E-state index is -1.36. The average molecular weight is 363 g/mol. The van der Waals surface area contributed by atoms with Crippen LogP contribution < -0.4 is 10.2 Å². The van der Waals surface area contributed by atoms with Gasteiger partial charge >= 0.3 is 0 Å². The number of carbonyl (C=O) groups excluding carboxylic acids is 3. The number of carbonyl (C=O) groups is 3. The van der Waals surface area contributed by atoms with E-state index in [1.807, 2.05) is 0 Å². The molecule has 6 nitrogen and oxygen atoms in total. The van der Waals surface area contributed by atoms with Crippen molar-refractivity contribution in [2.75, 3.05) is 0 Å². The molecule has 1 aliphatic rings. The van der Waals surface area contributed by atoms with Crippen LogP contribution in [-0.2, 0) is 9.59 Å². The number of hydrogen-bond acceptors (Lipinski definition) is 7. The zero-order valence-corrected chi connectivity index (χ0v) is 14.5. The van der Waals surface area contributed by atoms with Crippen molar-refractivity contribution in [3.8, 4) is 0 Å². The van der Waals surface area contributed by atoms with Crippen LogP contribution in [0.2, 0.25) is 0 Å². The molecule has 0 bridgehead atoms. The number of hydrogen-bond donors (Lipinski definition) is 0. The topological polar surface area (TPSA) is 101 Å². The Morgan fingerprint density at radius 3 is 2.25 bits per heavy atom. The van der Waals surface area contributed by atoms with Gasteiger partial charge in [-0.15, -0.1) is 0 Å². The Morgan fingerprint density at radius 2 is 1.79 bits per heavy atom. The average Bonchev–Trinajstić information content (AvgIpc) is 2.75. The SMILES string of the molecule is CC(C)[C@@H](C(=O)[O-])N1C(=O)/C(=C/c2ccc(C(=O)[O-])cc2)SC1=S. The van der Waals surface area contributed by atoms with Crippen molar-refractivity contribution in [1.82, 2.24) is 4.90 Å². The summed E-state index contributed by atoms with van der Waals surface area (Å²) in [5, 5.41) is 22.1. The molecule has 1 heterocycles. The summed E-state index contributed by atoms with van der Waals surface area (Å²) >= 11 is 6.13. The number of amides is 1. The molecular formula is C16H13NO5S2-2. The van der Waals surface area contributed by atoms with E-state index in [2.05, 4.69) is 0 Å². The molecule has 1 fully saturated rings. The lowest BCUT2D eigenvalue weighted by Crippen LogP contribution is -2.52. The molecule has 0 N–H and O–H groups in total. The molecule has 126 valence electrons. The third kappa shape index (κ3) is 3.65. The Labute approximate surface area is 148 Å². The van der Waals surface area contributed by atoms with Crippen molar-refractivity contribution in [3.63, 3.8) is 0 Å². The number of thioether (sulfide) groups is 1. The molecular weight excluding hydrogens is 350 g/mol. The lowest BCUT2D eigenvalue weighted by Gasteiger charge is -2.30. The van der Waals surface area contributed by atoms with Gasteiger partial charge in [0.1, 0.15) is 4.32 Å². The lowest BCUT2D eigenvalue weighted by molar-refractivity contribution is -0.311. The van der Waals surface area contributed by atoms with E-state index in [9.17, 15) is 24.6 Å². The molecule has 24 heavy (non-hydrogen) atoms. The quantitative estimate of drug-likeness (QED) is 0.537. The number of carboxylic acids is 2. The normalized spacial score (nSPS) is 17.6. The first-order valence-corrected chi connectivity index (χ1v) is 8.24. The molecule has 1 aromatic rings. The summed E-state index contributed by atoms with van der Waals surface area (Å²) in [4.78, 5) is 35.9. The van der Waals surface area contributed by atoms with Crippen LogP contribution in [0.5, 0.6) is 0 Å². The van der Waals surface area contributed by atoms with Crippen molar-refractivity contribution >= 4 is 52.2 Å². The van der Waals surface area contributed by atoms with Crippen LogP contribution in [-0.4, -0.2) is 33.1 Å². The van der Waals surface area contributed by atoms with E-state index in [4.69, 9.17) is 12.2 Å². The van der Waals surface area contributed by atoms with Gasteiger partial charge in [0.05, 0.1) is 22.9 Å². The van der Waals surface area contributed by atoms with Crippen LogP contribution in [0.3, 0.4) is 0 Å². The van der Waals surface area contributed by atoms with Crippen LogP contribution in [0.25, 0.3) is 6.08 Å². The zero-order chi connectivity index (χ0) is 18.0. The second-order valence-electron chi connectivity index (χ2n) is 5.47. The van der Waals surface area contributed by atoms with E-state index in [1.54, 1.807) is 13.8 Å². The highest BCUT2D eigenvalue weighted by Crippen LogP contribution is 2.35. The minimum absolute atomic E-state index is 0.0246. The molecule has 0 aromatic heterocycles. The number of aliphatic carboxylic acids is 1. The van der Waals surface area contributed by atoms with Gasteiger partial charge in [0.2, 0.25) is 0 Å². The van der Waals surface area contributed by atoms with Crippen molar-refractivity contribution in [3.05, 3.63) is 40.3 Å². The molecule has 1 saturated heterocycles. The van der Waals surface area contributed by atoms with Crippen molar-refractivity contribution < 1.29 is 24.6 Å². The Morgan fingerprint density at radius 1 is 1.21 bits per heavy atom. The predicted octanol–water partition coefficient (Wildman–Crippen LogP) is 0.0258. The fourth-order valence-corrected chi connectivity index (χ4v) is 3.59. The fourth-order valence-electron chi connectivity index (χ4n) is 2.26. The summed E-state index contributed by atoms with van der Waals surface area (Å²) in [6.07, 6.45) is 1.53. The highest BCUT2D eigenvalue weighted by molar-refractivity contribution is 8.26. The van der Waals surface area contributed by atoms with E-state index in [1.165, 1.54) is 30.3 Å². The Hall–Kier alpha value is -2.19. The number of rotatable bonds is 5. The summed E-state index contributed by atoms with van der Waals surface area (Å²) in [7, 11) is 0. The maximum atomic E-state index is 12.5. The summed E-state index contributed by atoms with van der Waals surface area (Å²) in [6.45, 7) is 3.34. The molecule has 1 amide bonds. The number of benzene rings is 1. The van der Waals surface area contributed by atoms with Gasteiger partial charge < -0.3 is 19.8 Å². The lowest BCUT2D eigenvalue weighted by atomic mass is 10.0. The zero-order valence-electron chi connectivity index (χ0n) is 12.8. The first kappa shape index (κ1) is 18.2. The van der Waals surface area contributed by atoms with Gasteiger partial charge in [0.15, 0.2) is 0 Å². The van der Waals surface area contributed by atoms with Crippen molar-refractivity contribution in [2.45, 2.75) is 19.9 Å². The number of carboxylic acid groups (broad SMARTS) is 2. The number of aromatic carboxylic acids is 1. The summed E-state index contributed by atoms with van der Waals surface area (Å²) < 4.78 is 0.153. The van der Waals surface area contributed by atoms with E-state index in [0.29, 0.717) is 5.56 Å². The molecule has 1 aromatic carbocycles. The minimum Gasteiger partial charge on any atom is -0.548 e. The monoisotopic (exact) mass is 363 g/mol. The molecule has 0 spiro atoms. The smallest absolute Gasteiger partial charge is 0.266 e. The van der Waals surface area contributed by atoms with Gasteiger partial charge in [0, 0.05) is 0 Å². The molecule has 0 radical (unpaired) electrons. The van der Waals surface area contributed by atoms with E-state index >= 15 is 0 Å². The summed E-state index contributed by atoms with van der Waals surface area (Å²) in [5.74, 6) is -3.52. The Bertz CT molecular complexity index is 739. The first-order valence-electron chi connectivity index (χ1n) is 7.01. The van der Waals surface area contributed by atoms with Crippen molar-refractivity contribution in [1.29, 1.82) is 0 Å². The molecule has 2 rings (SSSR count). The second kappa shape index (κ2) is 7.14. The van der Waals surface area contributed by atoms with Gasteiger partial charge in [0.25, 0.3) is 5.91 Å². The van der Waals surface area contributed by atoms with E-state index < -0.39 is 23.9 Å². The molecule has 1 atom stereocenters. The molecule has 1 aliphatic heterocycles. The third-order valence-corrected chi connectivity index (χ3v) is 4.75. The first-order chi connectivity index (χ1) is 11.2. The van der Waals surface area contributed by atoms with Gasteiger partial charge in [-0.2, -0.15) is 0 Å². The van der Waals surface area contributed by atoms with Gasteiger partial charge in [-0.1, -0.05) is 62.1 Å². The number of thiocarbonyl (C=S) groups is 1. The maximum Gasteiger partial charge on any atom is 0.266 e. The predicted molar refractivity (Wildman–Crippen MR) is 89.4 cm³/mol. The third-order valence-electron chi connectivity index (χ3n) is 3.42. The van der Waals surface area contributed by atoms with Crippen LogP contribution in [0.1, 0.15) is 29.8 Å². The van der Waals surface area contributed by atoms with Crippen molar-refractivity contribution in [2.24, 2.45) is 5.92 Å². The summed E-state index contributed by atoms with van der Waals surface area (Å²) in [5.41, 5.74) is 0.617. The molecule has 0 unspecified atom stereocenters. The van der Waals surface area contributed by atoms with Gasteiger partial charge in [-0.3, -0.25) is 9.69 Å². The van der Waals surface area contributed by atoms with Gasteiger partial charge in [-0.05, 0) is 23.1 Å². The highest BCUT2D eigenvalue weighted by atomic mass is 32.2. The van der Waals surface area contributed by atoms with Gasteiger partial charge in [-0.25, -0.2) is 0 Å². The van der Waals surface area contributed by atoms with E-state index in [0.717, 1.165) is 16.7 Å². The fraction of sp³-hybridized carbons (Fsp3) is 0.250. The van der Waals surface area contributed by atoms with Crippen LogP contribution >= 0.6 is 24.0 Å². The molecule has 0 aliphatic carbocycles. The van der Waals surface area contributed by atoms with Crippen LogP contribution in [0.4, 0.5) is 0 Å². The number of nitrogens with zero attached hydrogens (tertiary/aromatic N) is 1. The van der Waals surface area contributed by atoms with Crippen LogP contribution in [0, 0.1) is 5.92 Å². The Kier molecular flexibility index (Phi) is 5.40. The van der Waals surface area contributed by atoms with E-state index in [-0.39, 0.29) is 20.7 Å². The highest BCUT2D eigenvalue weighted by Gasteiger charge is 2.38. The maximum absolute atomic E-state index is 12.5. The summed E-state index contributed by atoms with van der Waals surface area (Å²) in [6, 6.07) is 4.64. The van der Waals surface area contributed by atoms with Crippen LogP contribution in [0.15, 0.2) is 29.2 Å². The second-order valence-corrected chi connectivity index (χ2v) is 7.14. The Balaban J connectivity index is 2.30. The molecule has 0 saturated carbocycles. The largest absolute Gasteiger partial charge is 0.548 e.